The number of imidazole rings is 1. The molecule has 2 unspecified atom stereocenters. The molecule has 2 aliphatic heterocycles. The fraction of sp³-hybridized carbons (Fsp3) is 0.379. The predicted molar refractivity (Wildman–Crippen MR) is 151 cm³/mol. The van der Waals surface area contributed by atoms with Crippen LogP contribution in [-0.4, -0.2) is 74.0 Å². The highest BCUT2D eigenvalue weighted by Crippen LogP contribution is 2.37. The molecule has 2 fully saturated rings. The number of hydrogen-bond donors (Lipinski definition) is 3. The number of halogens is 5. The normalized spacial score (nSPS) is 18.0. The topological polar surface area (TPSA) is 109 Å². The van der Waals surface area contributed by atoms with E-state index in [1.165, 1.54) is 16.8 Å². The first-order chi connectivity index (χ1) is 21.0. The zero-order chi connectivity index (χ0) is 31.2. The Morgan fingerprint density at radius 2 is 2.02 bits per heavy atom. The van der Waals surface area contributed by atoms with Gasteiger partial charge in [-0.3, -0.25) is 18.7 Å². The number of aryl methyl sites for hydroxylation is 1. The minimum Gasteiger partial charge on any atom is -0.352 e. The summed E-state index contributed by atoms with van der Waals surface area (Å²) in [7, 11) is 0. The standard InChI is InChI=1S/C29H29F5N8O2/c1-2-16-8-17(5-6-20(16)28(44)37-12-25(43)42-13-18-9-19(42)10-35-18)38-22-4-3-7-41-23(11-36-27(22)41)21-14-40(15-24(30)31)39-26(21)29(32,33)34/h3-8,11,14,18-19,24,35,38H,2,9-10,12-13,15H2,1H3,(H,37,44). The highest BCUT2D eigenvalue weighted by atomic mass is 19.4. The molecule has 2 saturated heterocycles. The second-order valence-corrected chi connectivity index (χ2v) is 10.8. The molecular formula is C29H29F5N8O2. The molecule has 15 heteroatoms. The minimum atomic E-state index is -4.87. The molecule has 0 saturated carbocycles. The van der Waals surface area contributed by atoms with Crippen LogP contribution in [0.15, 0.2) is 48.9 Å². The second kappa shape index (κ2) is 11.5. The number of rotatable bonds is 9. The summed E-state index contributed by atoms with van der Waals surface area (Å²) in [6, 6.07) is 8.91. The Kier molecular flexibility index (Phi) is 7.73. The third-order valence-electron chi connectivity index (χ3n) is 7.95. The van der Waals surface area contributed by atoms with Crippen LogP contribution in [0.3, 0.4) is 0 Å². The van der Waals surface area contributed by atoms with E-state index in [0.717, 1.165) is 24.7 Å². The summed E-state index contributed by atoms with van der Waals surface area (Å²) < 4.78 is 69.0. The fourth-order valence-electron chi connectivity index (χ4n) is 5.92. The molecule has 3 aromatic heterocycles. The van der Waals surface area contributed by atoms with Crippen LogP contribution in [0.4, 0.5) is 33.3 Å². The molecule has 10 nitrogen and oxygen atoms in total. The van der Waals surface area contributed by atoms with E-state index < -0.39 is 24.8 Å². The number of hydrogen-bond acceptors (Lipinski definition) is 6. The molecule has 3 N–H and O–H groups in total. The first kappa shape index (κ1) is 29.5. The van der Waals surface area contributed by atoms with Crippen LogP contribution in [0.5, 0.6) is 0 Å². The smallest absolute Gasteiger partial charge is 0.352 e. The third-order valence-corrected chi connectivity index (χ3v) is 7.95. The van der Waals surface area contributed by atoms with Gasteiger partial charge in [-0.25, -0.2) is 13.8 Å². The number of pyridine rings is 1. The molecule has 0 aliphatic carbocycles. The van der Waals surface area contributed by atoms with E-state index in [1.807, 2.05) is 11.8 Å². The molecule has 2 aliphatic rings. The number of aromatic nitrogens is 4. The number of nitrogens with one attached hydrogen (secondary N) is 3. The van der Waals surface area contributed by atoms with E-state index in [-0.39, 0.29) is 35.7 Å². The van der Waals surface area contributed by atoms with Gasteiger partial charge < -0.3 is 20.9 Å². The quantitative estimate of drug-likeness (QED) is 0.245. The van der Waals surface area contributed by atoms with Gasteiger partial charge in [0.25, 0.3) is 12.3 Å². The Morgan fingerprint density at radius 1 is 1.20 bits per heavy atom. The molecule has 44 heavy (non-hydrogen) atoms. The Hall–Kier alpha value is -4.53. The summed E-state index contributed by atoms with van der Waals surface area (Å²) in [6.07, 6.45) is -2.60. The Morgan fingerprint density at radius 3 is 2.70 bits per heavy atom. The first-order valence-corrected chi connectivity index (χ1v) is 14.1. The number of anilines is 2. The van der Waals surface area contributed by atoms with Crippen molar-refractivity contribution in [1.29, 1.82) is 0 Å². The number of nitrogens with zero attached hydrogens (tertiary/aromatic N) is 5. The van der Waals surface area contributed by atoms with Gasteiger partial charge in [0, 0.05) is 48.8 Å². The van der Waals surface area contributed by atoms with Crippen LogP contribution in [-0.2, 0) is 23.9 Å². The maximum absolute atomic E-state index is 13.8. The predicted octanol–water partition coefficient (Wildman–Crippen LogP) is 4.09. The summed E-state index contributed by atoms with van der Waals surface area (Å²) in [6.45, 7) is 2.24. The molecule has 5 heterocycles. The van der Waals surface area contributed by atoms with Gasteiger partial charge in [-0.2, -0.15) is 18.3 Å². The van der Waals surface area contributed by atoms with Crippen LogP contribution >= 0.6 is 0 Å². The van der Waals surface area contributed by atoms with Gasteiger partial charge in [-0.05, 0) is 48.7 Å². The van der Waals surface area contributed by atoms with Gasteiger partial charge in [-0.15, -0.1) is 0 Å². The van der Waals surface area contributed by atoms with E-state index in [2.05, 4.69) is 26.0 Å². The zero-order valence-electron chi connectivity index (χ0n) is 23.5. The highest BCUT2D eigenvalue weighted by molar-refractivity contribution is 5.98. The monoisotopic (exact) mass is 616 g/mol. The number of fused-ring (bicyclic) bond motifs is 3. The van der Waals surface area contributed by atoms with Gasteiger partial charge in [0.1, 0.15) is 6.54 Å². The number of amides is 2. The molecule has 0 spiro atoms. The van der Waals surface area contributed by atoms with Gasteiger partial charge in [-0.1, -0.05) is 6.92 Å². The average molecular weight is 617 g/mol. The van der Waals surface area contributed by atoms with Crippen LogP contribution in [0, 0.1) is 0 Å². The van der Waals surface area contributed by atoms with Crippen LogP contribution in [0.1, 0.15) is 35.0 Å². The van der Waals surface area contributed by atoms with Crippen molar-refractivity contribution in [3.05, 3.63) is 65.7 Å². The molecule has 6 rings (SSSR count). The maximum Gasteiger partial charge on any atom is 0.435 e. The van der Waals surface area contributed by atoms with Gasteiger partial charge in [0.2, 0.25) is 5.91 Å². The van der Waals surface area contributed by atoms with E-state index >= 15 is 0 Å². The van der Waals surface area contributed by atoms with E-state index in [0.29, 0.717) is 46.3 Å². The summed E-state index contributed by atoms with van der Waals surface area (Å²) in [5.41, 5.74) is 0.885. The van der Waals surface area contributed by atoms with Crippen molar-refractivity contribution in [2.24, 2.45) is 0 Å². The van der Waals surface area contributed by atoms with Gasteiger partial charge >= 0.3 is 6.18 Å². The van der Waals surface area contributed by atoms with Crippen molar-refractivity contribution >= 4 is 28.8 Å². The largest absolute Gasteiger partial charge is 0.435 e. The molecule has 0 radical (unpaired) electrons. The van der Waals surface area contributed by atoms with Crippen molar-refractivity contribution in [2.75, 3.05) is 25.0 Å². The van der Waals surface area contributed by atoms with Crippen molar-refractivity contribution in [1.82, 2.24) is 34.7 Å². The van der Waals surface area contributed by atoms with Crippen LogP contribution < -0.4 is 16.0 Å². The van der Waals surface area contributed by atoms with Crippen molar-refractivity contribution in [3.8, 4) is 11.3 Å². The number of carbonyl (C=O) groups is 2. The van der Waals surface area contributed by atoms with E-state index in [9.17, 15) is 31.5 Å². The number of benzene rings is 1. The minimum absolute atomic E-state index is 0.0327. The third kappa shape index (κ3) is 5.70. The van der Waals surface area contributed by atoms with Crippen LogP contribution in [0.2, 0.25) is 0 Å². The molecule has 2 amide bonds. The van der Waals surface area contributed by atoms with E-state index in [1.54, 1.807) is 30.3 Å². The molecular weight excluding hydrogens is 587 g/mol. The van der Waals surface area contributed by atoms with Crippen LogP contribution in [0.25, 0.3) is 16.9 Å². The molecule has 4 aromatic rings. The van der Waals surface area contributed by atoms with Crippen molar-refractivity contribution < 1.29 is 31.5 Å². The lowest BCUT2D eigenvalue weighted by Crippen LogP contribution is -2.49. The highest BCUT2D eigenvalue weighted by Gasteiger charge is 2.40. The Balaban J connectivity index is 1.21. The number of piperazine rings is 1. The summed E-state index contributed by atoms with van der Waals surface area (Å²) in [5, 5.41) is 12.7. The molecule has 2 atom stereocenters. The second-order valence-electron chi connectivity index (χ2n) is 10.8. The summed E-state index contributed by atoms with van der Waals surface area (Å²) >= 11 is 0. The lowest BCUT2D eigenvalue weighted by molar-refractivity contribution is -0.141. The summed E-state index contributed by atoms with van der Waals surface area (Å²) in [4.78, 5) is 31.8. The molecule has 1 aromatic carbocycles. The first-order valence-electron chi connectivity index (χ1n) is 14.1. The number of carbonyl (C=O) groups excluding carboxylic acids is 2. The number of alkyl halides is 5. The van der Waals surface area contributed by atoms with Crippen molar-refractivity contribution in [2.45, 2.75) is 51.0 Å². The number of likely N-dealkylation sites (tertiary alicyclic amines) is 1. The average Bonchev–Trinajstić information content (AvgIpc) is 3.79. The van der Waals surface area contributed by atoms with E-state index in [4.69, 9.17) is 0 Å². The fourth-order valence-corrected chi connectivity index (χ4v) is 5.92. The summed E-state index contributed by atoms with van der Waals surface area (Å²) in [5.74, 6) is -0.475. The lowest BCUT2D eigenvalue weighted by Gasteiger charge is -2.27. The zero-order valence-corrected chi connectivity index (χ0v) is 23.5. The van der Waals surface area contributed by atoms with Crippen molar-refractivity contribution in [3.63, 3.8) is 0 Å². The van der Waals surface area contributed by atoms with Gasteiger partial charge in [0.05, 0.1) is 29.7 Å². The molecule has 232 valence electrons. The Bertz CT molecular complexity index is 1720. The lowest BCUT2D eigenvalue weighted by atomic mass is 10.0. The maximum atomic E-state index is 13.8. The van der Waals surface area contributed by atoms with Gasteiger partial charge in [0.15, 0.2) is 11.3 Å². The Labute approximate surface area is 248 Å². The SMILES string of the molecule is CCc1cc(Nc2cccn3c(-c4cn(CC(F)F)nc4C(F)(F)F)cnc23)ccc1C(=O)NCC(=O)N1CC2CC1CN2. The molecule has 2 bridgehead atoms.